The number of phenolic OH excluding ortho intramolecular Hbond substituents is 1. The molecule has 0 aliphatic carbocycles. The molecule has 0 unspecified atom stereocenters. The molecule has 18 heavy (non-hydrogen) atoms. The van der Waals surface area contributed by atoms with E-state index < -0.39 is 0 Å². The van der Waals surface area contributed by atoms with Crippen LogP contribution in [0.2, 0.25) is 10.0 Å². The molecule has 1 aromatic rings. The Bertz CT molecular complexity index is 375. The number of aliphatic hydroxyl groups is 1. The van der Waals surface area contributed by atoms with Gasteiger partial charge in [-0.2, -0.15) is 0 Å². The first kappa shape index (κ1) is 15.5. The summed E-state index contributed by atoms with van der Waals surface area (Å²) in [5, 5.41) is 22.1. The second-order valence-corrected chi connectivity index (χ2v) is 4.61. The van der Waals surface area contributed by atoms with Crippen molar-refractivity contribution in [3.63, 3.8) is 0 Å². The van der Waals surface area contributed by atoms with E-state index in [2.05, 4.69) is 5.32 Å². The van der Waals surface area contributed by atoms with Crippen LogP contribution < -0.4 is 5.32 Å². The molecule has 0 amide bonds. The summed E-state index contributed by atoms with van der Waals surface area (Å²) in [4.78, 5) is 0. The fourth-order valence-corrected chi connectivity index (χ4v) is 1.98. The zero-order valence-electron chi connectivity index (χ0n) is 9.96. The van der Waals surface area contributed by atoms with Gasteiger partial charge in [-0.1, -0.05) is 23.2 Å². The van der Waals surface area contributed by atoms with Gasteiger partial charge in [-0.15, -0.1) is 0 Å². The molecule has 0 atom stereocenters. The van der Waals surface area contributed by atoms with E-state index in [-0.39, 0.29) is 17.4 Å². The summed E-state index contributed by atoms with van der Waals surface area (Å²) >= 11 is 11.7. The summed E-state index contributed by atoms with van der Waals surface area (Å²) < 4.78 is 5.12. The molecule has 3 N–H and O–H groups in total. The molecule has 4 nitrogen and oxygen atoms in total. The minimum Gasteiger partial charge on any atom is -0.506 e. The molecule has 0 heterocycles. The molecule has 0 spiro atoms. The first-order valence-electron chi connectivity index (χ1n) is 5.71. The summed E-state index contributed by atoms with van der Waals surface area (Å²) in [7, 11) is 0. The average Bonchev–Trinajstić information content (AvgIpc) is 2.33. The van der Waals surface area contributed by atoms with E-state index in [4.69, 9.17) is 33.0 Å². The lowest BCUT2D eigenvalue weighted by molar-refractivity contribution is 0.0907. The normalized spacial score (nSPS) is 10.8. The van der Waals surface area contributed by atoms with Crippen LogP contribution in [0.15, 0.2) is 12.1 Å². The number of aromatic hydroxyl groups is 1. The Kier molecular flexibility index (Phi) is 7.39. The lowest BCUT2D eigenvalue weighted by atomic mass is 10.2. The van der Waals surface area contributed by atoms with Crippen LogP contribution >= 0.6 is 23.2 Å². The summed E-state index contributed by atoms with van der Waals surface area (Å²) in [6.45, 7) is 2.24. The van der Waals surface area contributed by atoms with Crippen molar-refractivity contribution in [1.82, 2.24) is 5.32 Å². The van der Waals surface area contributed by atoms with Gasteiger partial charge < -0.3 is 20.3 Å². The minimum atomic E-state index is 0.0440. The Balaban J connectivity index is 2.27. The fourth-order valence-electron chi connectivity index (χ4n) is 1.44. The number of aliphatic hydroxyl groups excluding tert-OH is 1. The molecular weight excluding hydrogens is 277 g/mol. The molecule has 0 fully saturated rings. The van der Waals surface area contributed by atoms with Crippen LogP contribution in [0.4, 0.5) is 0 Å². The van der Waals surface area contributed by atoms with Crippen LogP contribution in [0.1, 0.15) is 12.0 Å². The van der Waals surface area contributed by atoms with E-state index >= 15 is 0 Å². The van der Waals surface area contributed by atoms with Crippen molar-refractivity contribution in [3.8, 4) is 5.75 Å². The van der Waals surface area contributed by atoms with Gasteiger partial charge in [0.15, 0.2) is 0 Å². The van der Waals surface area contributed by atoms with Crippen LogP contribution in [-0.4, -0.2) is 36.6 Å². The molecule has 0 bridgehead atoms. The molecule has 0 saturated carbocycles. The van der Waals surface area contributed by atoms with Gasteiger partial charge in [-0.25, -0.2) is 0 Å². The van der Waals surface area contributed by atoms with Crippen molar-refractivity contribution in [2.75, 3.05) is 26.4 Å². The lowest BCUT2D eigenvalue weighted by Crippen LogP contribution is -2.17. The van der Waals surface area contributed by atoms with E-state index in [1.54, 1.807) is 6.07 Å². The van der Waals surface area contributed by atoms with Crippen molar-refractivity contribution >= 4 is 23.2 Å². The molecule has 0 aliphatic heterocycles. The number of hydrogen-bond acceptors (Lipinski definition) is 4. The SMILES string of the molecule is OCCOCCCNCc1cc(Cl)cc(Cl)c1O. The highest BCUT2D eigenvalue weighted by Gasteiger charge is 2.07. The van der Waals surface area contributed by atoms with Crippen LogP contribution in [0.25, 0.3) is 0 Å². The highest BCUT2D eigenvalue weighted by atomic mass is 35.5. The molecule has 1 rings (SSSR count). The maximum atomic E-state index is 9.71. The van der Waals surface area contributed by atoms with Gasteiger partial charge in [0.05, 0.1) is 18.2 Å². The highest BCUT2D eigenvalue weighted by molar-refractivity contribution is 6.35. The molecule has 0 saturated heterocycles. The second-order valence-electron chi connectivity index (χ2n) is 3.76. The molecule has 0 radical (unpaired) electrons. The van der Waals surface area contributed by atoms with Gasteiger partial charge >= 0.3 is 0 Å². The third kappa shape index (κ3) is 5.42. The first-order valence-corrected chi connectivity index (χ1v) is 6.47. The Morgan fingerprint density at radius 2 is 2.00 bits per heavy atom. The number of halogens is 2. The monoisotopic (exact) mass is 293 g/mol. The van der Waals surface area contributed by atoms with Gasteiger partial charge in [-0.3, -0.25) is 0 Å². The van der Waals surface area contributed by atoms with E-state index in [0.29, 0.717) is 30.3 Å². The van der Waals surface area contributed by atoms with Crippen LogP contribution in [-0.2, 0) is 11.3 Å². The lowest BCUT2D eigenvalue weighted by Gasteiger charge is -2.09. The van der Waals surface area contributed by atoms with Crippen molar-refractivity contribution in [1.29, 1.82) is 0 Å². The number of ether oxygens (including phenoxy) is 1. The van der Waals surface area contributed by atoms with Crippen LogP contribution in [0.3, 0.4) is 0 Å². The molecule has 6 heteroatoms. The minimum absolute atomic E-state index is 0.0440. The summed E-state index contributed by atoms with van der Waals surface area (Å²) in [6.07, 6.45) is 0.828. The van der Waals surface area contributed by atoms with Gasteiger partial charge in [0.1, 0.15) is 5.75 Å². The maximum Gasteiger partial charge on any atom is 0.138 e. The first-order chi connectivity index (χ1) is 8.65. The Morgan fingerprint density at radius 1 is 1.22 bits per heavy atom. The fraction of sp³-hybridized carbons (Fsp3) is 0.500. The zero-order valence-corrected chi connectivity index (χ0v) is 11.5. The number of benzene rings is 1. The summed E-state index contributed by atoms with van der Waals surface area (Å²) in [5.41, 5.74) is 0.670. The van der Waals surface area contributed by atoms with Gasteiger partial charge in [-0.05, 0) is 25.1 Å². The van der Waals surface area contributed by atoms with Crippen molar-refractivity contribution in [2.45, 2.75) is 13.0 Å². The average molecular weight is 294 g/mol. The molecule has 1 aromatic carbocycles. The van der Waals surface area contributed by atoms with Crippen molar-refractivity contribution < 1.29 is 14.9 Å². The van der Waals surface area contributed by atoms with E-state index in [1.165, 1.54) is 6.07 Å². The van der Waals surface area contributed by atoms with Crippen LogP contribution in [0.5, 0.6) is 5.75 Å². The number of phenols is 1. The molecule has 102 valence electrons. The maximum absolute atomic E-state index is 9.71. The van der Waals surface area contributed by atoms with Crippen molar-refractivity contribution in [2.24, 2.45) is 0 Å². The third-order valence-electron chi connectivity index (χ3n) is 2.30. The number of hydrogen-bond donors (Lipinski definition) is 3. The predicted octanol–water partition coefficient (Wildman–Crippen LogP) is 2.19. The highest BCUT2D eigenvalue weighted by Crippen LogP contribution is 2.30. The number of nitrogens with one attached hydrogen (secondary N) is 1. The van der Waals surface area contributed by atoms with E-state index in [9.17, 15) is 5.11 Å². The Hall–Kier alpha value is -0.520. The largest absolute Gasteiger partial charge is 0.506 e. The Morgan fingerprint density at radius 3 is 2.72 bits per heavy atom. The summed E-state index contributed by atoms with van der Waals surface area (Å²) in [5.74, 6) is 0.0603. The predicted molar refractivity (Wildman–Crippen MR) is 72.4 cm³/mol. The quantitative estimate of drug-likeness (QED) is 0.643. The van der Waals surface area contributed by atoms with E-state index in [1.807, 2.05) is 0 Å². The Labute approximate surface area is 116 Å². The van der Waals surface area contributed by atoms with Gasteiger partial charge in [0.25, 0.3) is 0 Å². The standard InChI is InChI=1S/C12H17Cl2NO3/c13-10-6-9(12(17)11(14)7-10)8-15-2-1-4-18-5-3-16/h6-7,15-17H,1-5,8H2. The molecule has 0 aromatic heterocycles. The third-order valence-corrected chi connectivity index (χ3v) is 2.81. The van der Waals surface area contributed by atoms with E-state index in [0.717, 1.165) is 13.0 Å². The van der Waals surface area contributed by atoms with Gasteiger partial charge in [0, 0.05) is 23.7 Å². The second kappa shape index (κ2) is 8.56. The van der Waals surface area contributed by atoms with Gasteiger partial charge in [0.2, 0.25) is 0 Å². The van der Waals surface area contributed by atoms with Crippen molar-refractivity contribution in [3.05, 3.63) is 27.7 Å². The number of rotatable bonds is 8. The summed E-state index contributed by atoms with van der Waals surface area (Å²) in [6, 6.07) is 3.18. The topological polar surface area (TPSA) is 61.7 Å². The zero-order chi connectivity index (χ0) is 13.4. The molecule has 0 aliphatic rings. The smallest absolute Gasteiger partial charge is 0.138 e. The molecular formula is C12H17Cl2NO3. The van der Waals surface area contributed by atoms with Crippen LogP contribution in [0, 0.1) is 0 Å².